The fourth-order valence-corrected chi connectivity index (χ4v) is 3.66. The van der Waals surface area contributed by atoms with Crippen LogP contribution in [0.1, 0.15) is 36.7 Å². The van der Waals surface area contributed by atoms with Gasteiger partial charge in [0.15, 0.2) is 0 Å². The highest BCUT2D eigenvalue weighted by Crippen LogP contribution is 2.22. The smallest absolute Gasteiger partial charge is 0.255 e. The molecule has 2 N–H and O–H groups in total. The lowest BCUT2D eigenvalue weighted by Gasteiger charge is -2.14. The van der Waals surface area contributed by atoms with E-state index in [9.17, 15) is 13.2 Å². The van der Waals surface area contributed by atoms with Gasteiger partial charge in [0.2, 0.25) is 10.0 Å². The van der Waals surface area contributed by atoms with Gasteiger partial charge in [-0.25, -0.2) is 13.1 Å². The molecule has 2 rings (SSSR count). The second-order valence-corrected chi connectivity index (χ2v) is 8.50. The molecule has 0 fully saturated rings. The van der Waals surface area contributed by atoms with Crippen LogP contribution in [0.25, 0.3) is 0 Å². The van der Waals surface area contributed by atoms with E-state index in [1.807, 2.05) is 38.1 Å². The summed E-state index contributed by atoms with van der Waals surface area (Å²) in [5.41, 5.74) is 1.37. The quantitative estimate of drug-likeness (QED) is 0.577. The van der Waals surface area contributed by atoms with Crippen molar-refractivity contribution < 1.29 is 22.7 Å². The average molecular weight is 421 g/mol. The van der Waals surface area contributed by atoms with E-state index in [0.717, 1.165) is 6.42 Å². The van der Waals surface area contributed by atoms with Crippen LogP contribution in [0.3, 0.4) is 0 Å². The highest BCUT2D eigenvalue weighted by molar-refractivity contribution is 7.89. The first-order valence-electron chi connectivity index (χ1n) is 9.47. The third-order valence-electron chi connectivity index (χ3n) is 4.14. The molecule has 0 atom stereocenters. The summed E-state index contributed by atoms with van der Waals surface area (Å²) >= 11 is 0. The molecule has 0 aromatic heterocycles. The lowest BCUT2D eigenvalue weighted by Crippen LogP contribution is -2.31. The number of hydrogen-bond donors (Lipinski definition) is 2. The van der Waals surface area contributed by atoms with Gasteiger partial charge in [-0.3, -0.25) is 4.79 Å². The van der Waals surface area contributed by atoms with Gasteiger partial charge in [0.1, 0.15) is 18.1 Å². The molecule has 7 nitrogen and oxygen atoms in total. The van der Waals surface area contributed by atoms with E-state index in [1.54, 1.807) is 0 Å². The Kier molecular flexibility index (Phi) is 8.04. The van der Waals surface area contributed by atoms with Crippen molar-refractivity contribution in [3.63, 3.8) is 0 Å². The zero-order valence-electron chi connectivity index (χ0n) is 17.2. The normalized spacial score (nSPS) is 11.3. The minimum Gasteiger partial charge on any atom is -0.496 e. The number of ether oxygens (including phenoxy) is 2. The number of carbonyl (C=O) groups is 1. The van der Waals surface area contributed by atoms with Crippen molar-refractivity contribution in [2.75, 3.05) is 20.3 Å². The zero-order valence-corrected chi connectivity index (χ0v) is 18.0. The molecule has 2 aromatic carbocycles. The summed E-state index contributed by atoms with van der Waals surface area (Å²) < 4.78 is 38.4. The van der Waals surface area contributed by atoms with Gasteiger partial charge in [0, 0.05) is 12.6 Å². The Bertz CT molecular complexity index is 925. The zero-order chi connectivity index (χ0) is 21.4. The third-order valence-corrected chi connectivity index (χ3v) is 5.60. The van der Waals surface area contributed by atoms with Gasteiger partial charge in [-0.05, 0) is 56.2 Å². The molecule has 8 heteroatoms. The molecular formula is C21H28N2O5S. The van der Waals surface area contributed by atoms with Gasteiger partial charge in [-0.2, -0.15) is 0 Å². The topological polar surface area (TPSA) is 93.7 Å². The first kappa shape index (κ1) is 22.7. The Labute approximate surface area is 172 Å². The maximum absolute atomic E-state index is 12.6. The Morgan fingerprint density at radius 3 is 2.38 bits per heavy atom. The Balaban J connectivity index is 2.03. The highest BCUT2D eigenvalue weighted by atomic mass is 32.2. The SMILES string of the molecule is CCc1ccc(OCCNS(=O)(=O)c2ccc(OC)c(C(=O)NC(C)C)c2)cc1. The van der Waals surface area contributed by atoms with Crippen LogP contribution >= 0.6 is 0 Å². The molecule has 0 aliphatic carbocycles. The lowest BCUT2D eigenvalue weighted by molar-refractivity contribution is 0.0940. The van der Waals surface area contributed by atoms with Gasteiger partial charge in [0.25, 0.3) is 5.91 Å². The van der Waals surface area contributed by atoms with Crippen LogP contribution in [0, 0.1) is 0 Å². The van der Waals surface area contributed by atoms with Crippen molar-refractivity contribution in [1.29, 1.82) is 0 Å². The monoisotopic (exact) mass is 420 g/mol. The van der Waals surface area contributed by atoms with Crippen LogP contribution in [0.5, 0.6) is 11.5 Å². The molecule has 0 aliphatic heterocycles. The van der Waals surface area contributed by atoms with E-state index in [4.69, 9.17) is 9.47 Å². The predicted octanol–water partition coefficient (Wildman–Crippen LogP) is 2.75. The molecule has 0 bridgehead atoms. The van der Waals surface area contributed by atoms with Crippen molar-refractivity contribution in [3.8, 4) is 11.5 Å². The number of nitrogens with one attached hydrogen (secondary N) is 2. The molecule has 0 radical (unpaired) electrons. The summed E-state index contributed by atoms with van der Waals surface area (Å²) in [5.74, 6) is 0.590. The average Bonchev–Trinajstić information content (AvgIpc) is 2.70. The number of aryl methyl sites for hydroxylation is 1. The van der Waals surface area contributed by atoms with Crippen LogP contribution in [-0.2, 0) is 16.4 Å². The molecule has 0 saturated carbocycles. The van der Waals surface area contributed by atoms with Gasteiger partial charge in [0.05, 0.1) is 17.6 Å². The lowest BCUT2D eigenvalue weighted by atomic mass is 10.2. The van der Waals surface area contributed by atoms with Gasteiger partial charge < -0.3 is 14.8 Å². The summed E-state index contributed by atoms with van der Waals surface area (Å²) in [4.78, 5) is 12.3. The molecule has 2 aromatic rings. The van der Waals surface area contributed by atoms with E-state index in [0.29, 0.717) is 11.5 Å². The van der Waals surface area contributed by atoms with E-state index < -0.39 is 15.9 Å². The van der Waals surface area contributed by atoms with E-state index in [1.165, 1.54) is 30.9 Å². The second kappa shape index (κ2) is 10.3. The number of rotatable bonds is 10. The molecule has 0 heterocycles. The molecule has 158 valence electrons. The van der Waals surface area contributed by atoms with Crippen LogP contribution < -0.4 is 19.5 Å². The molecule has 29 heavy (non-hydrogen) atoms. The molecule has 0 spiro atoms. The van der Waals surface area contributed by atoms with E-state index >= 15 is 0 Å². The highest BCUT2D eigenvalue weighted by Gasteiger charge is 2.20. The van der Waals surface area contributed by atoms with Gasteiger partial charge >= 0.3 is 0 Å². The largest absolute Gasteiger partial charge is 0.496 e. The number of hydrogen-bond acceptors (Lipinski definition) is 5. The first-order chi connectivity index (χ1) is 13.8. The molecule has 0 unspecified atom stereocenters. The van der Waals surface area contributed by atoms with Crippen molar-refractivity contribution in [3.05, 3.63) is 53.6 Å². The molecule has 0 aliphatic rings. The first-order valence-corrected chi connectivity index (χ1v) is 11.0. The Morgan fingerprint density at radius 1 is 1.10 bits per heavy atom. The third kappa shape index (κ3) is 6.47. The standard InChI is InChI=1S/C21H28N2O5S/c1-5-16-6-8-17(9-7-16)28-13-12-22-29(25,26)18-10-11-20(27-4)19(14-18)21(24)23-15(2)3/h6-11,14-15,22H,5,12-13H2,1-4H3,(H,23,24). The van der Waals surface area contributed by atoms with Crippen LogP contribution in [-0.4, -0.2) is 40.6 Å². The van der Waals surface area contributed by atoms with Gasteiger partial charge in [-0.15, -0.1) is 0 Å². The van der Waals surface area contributed by atoms with Crippen LogP contribution in [0.2, 0.25) is 0 Å². The maximum Gasteiger partial charge on any atom is 0.255 e. The van der Waals surface area contributed by atoms with Crippen molar-refractivity contribution in [2.45, 2.75) is 38.1 Å². The van der Waals surface area contributed by atoms with E-state index in [-0.39, 0.29) is 29.7 Å². The predicted molar refractivity (Wildman–Crippen MR) is 112 cm³/mol. The van der Waals surface area contributed by atoms with Crippen molar-refractivity contribution >= 4 is 15.9 Å². The summed E-state index contributed by atoms with van der Waals surface area (Å²) in [5, 5.41) is 2.74. The van der Waals surface area contributed by atoms with Crippen LogP contribution in [0.4, 0.5) is 0 Å². The molecule has 1 amide bonds. The van der Waals surface area contributed by atoms with Gasteiger partial charge in [-0.1, -0.05) is 19.1 Å². The van der Waals surface area contributed by atoms with E-state index in [2.05, 4.69) is 17.0 Å². The minimum atomic E-state index is -3.80. The summed E-state index contributed by atoms with van der Waals surface area (Å²) in [6.07, 6.45) is 0.944. The summed E-state index contributed by atoms with van der Waals surface area (Å²) in [6.45, 7) is 5.99. The fourth-order valence-electron chi connectivity index (χ4n) is 2.62. The number of carbonyl (C=O) groups excluding carboxylic acids is 1. The minimum absolute atomic E-state index is 0.0143. The van der Waals surface area contributed by atoms with Crippen LogP contribution in [0.15, 0.2) is 47.4 Å². The molecule has 0 saturated heterocycles. The number of benzene rings is 2. The Hall–Kier alpha value is -2.58. The Morgan fingerprint density at radius 2 is 1.79 bits per heavy atom. The summed E-state index contributed by atoms with van der Waals surface area (Å²) in [7, 11) is -2.37. The fraction of sp³-hybridized carbons (Fsp3) is 0.381. The van der Waals surface area contributed by atoms with Crippen molar-refractivity contribution in [2.24, 2.45) is 0 Å². The van der Waals surface area contributed by atoms with Crippen molar-refractivity contribution in [1.82, 2.24) is 10.0 Å². The summed E-state index contributed by atoms with van der Waals surface area (Å²) in [6, 6.07) is 11.7. The molecular weight excluding hydrogens is 392 g/mol. The number of methoxy groups -OCH3 is 1. The number of sulfonamides is 1. The second-order valence-electron chi connectivity index (χ2n) is 6.73. The maximum atomic E-state index is 12.6. The number of amides is 1.